The number of hydrogen-bond acceptors (Lipinski definition) is 6. The first-order valence-electron chi connectivity index (χ1n) is 7.60. The van der Waals surface area contributed by atoms with Crippen LogP contribution in [0.5, 0.6) is 11.5 Å². The van der Waals surface area contributed by atoms with Crippen LogP contribution in [0.15, 0.2) is 34.7 Å². The molecule has 2 aromatic carbocycles. The molecule has 0 spiro atoms. The Kier molecular flexibility index (Phi) is 5.76. The molecule has 26 heavy (non-hydrogen) atoms. The van der Waals surface area contributed by atoms with E-state index in [9.17, 15) is 0 Å². The average molecular weight is 415 g/mol. The predicted octanol–water partition coefficient (Wildman–Crippen LogP) is 5.26. The summed E-state index contributed by atoms with van der Waals surface area (Å²) in [6, 6.07) is 8.47. The van der Waals surface area contributed by atoms with E-state index in [1.165, 1.54) is 0 Å². The first-order valence-corrected chi connectivity index (χ1v) is 8.73. The third-order valence-electron chi connectivity index (χ3n) is 3.38. The summed E-state index contributed by atoms with van der Waals surface area (Å²) in [4.78, 5) is 0. The van der Waals surface area contributed by atoms with E-state index in [1.54, 1.807) is 30.3 Å². The number of aromatic nitrogens is 2. The maximum atomic E-state index is 6.38. The molecule has 0 aliphatic carbocycles. The van der Waals surface area contributed by atoms with E-state index in [1.807, 2.05) is 6.92 Å². The van der Waals surface area contributed by atoms with Gasteiger partial charge in [0.1, 0.15) is 6.61 Å². The molecule has 0 aliphatic heterocycles. The smallest absolute Gasteiger partial charge is 0.313 e. The van der Waals surface area contributed by atoms with E-state index in [2.05, 4.69) is 10.2 Å². The number of anilines is 1. The van der Waals surface area contributed by atoms with Crippen LogP contribution in [0.1, 0.15) is 12.5 Å². The van der Waals surface area contributed by atoms with Crippen molar-refractivity contribution in [3.8, 4) is 23.0 Å². The zero-order chi connectivity index (χ0) is 18.7. The molecule has 9 heteroatoms. The fraction of sp³-hybridized carbons (Fsp3) is 0.176. The second-order valence-electron chi connectivity index (χ2n) is 5.19. The normalized spacial score (nSPS) is 10.8. The molecule has 0 atom stereocenters. The highest BCUT2D eigenvalue weighted by Crippen LogP contribution is 2.40. The second-order valence-corrected chi connectivity index (χ2v) is 6.44. The minimum atomic E-state index is -0.0354. The van der Waals surface area contributed by atoms with E-state index < -0.39 is 0 Å². The summed E-state index contributed by atoms with van der Waals surface area (Å²) in [5.74, 6) is 1.06. The quantitative estimate of drug-likeness (QED) is 0.592. The Bertz CT molecular complexity index is 931. The van der Waals surface area contributed by atoms with Gasteiger partial charge in [0, 0.05) is 21.2 Å². The van der Waals surface area contributed by atoms with E-state index in [-0.39, 0.29) is 18.5 Å². The van der Waals surface area contributed by atoms with Crippen molar-refractivity contribution in [1.29, 1.82) is 0 Å². The van der Waals surface area contributed by atoms with Gasteiger partial charge in [0.05, 0.1) is 11.6 Å². The van der Waals surface area contributed by atoms with Crippen LogP contribution in [0.3, 0.4) is 0 Å². The van der Waals surface area contributed by atoms with Crippen molar-refractivity contribution in [2.24, 2.45) is 0 Å². The lowest BCUT2D eigenvalue weighted by Crippen LogP contribution is -2.01. The molecule has 1 aromatic heterocycles. The van der Waals surface area contributed by atoms with Crippen molar-refractivity contribution in [1.82, 2.24) is 10.2 Å². The molecule has 0 saturated heterocycles. The SMILES string of the molecule is CCOc1cc(-c2nnc(N)o2)cc(Cl)c1OCc1ccc(Cl)cc1Cl. The van der Waals surface area contributed by atoms with Crippen LogP contribution in [0, 0.1) is 0 Å². The molecular weight excluding hydrogens is 401 g/mol. The van der Waals surface area contributed by atoms with Gasteiger partial charge in [0.25, 0.3) is 0 Å². The molecule has 6 nitrogen and oxygen atoms in total. The lowest BCUT2D eigenvalue weighted by molar-refractivity contribution is 0.269. The van der Waals surface area contributed by atoms with Crippen LogP contribution in [-0.4, -0.2) is 16.8 Å². The van der Waals surface area contributed by atoms with Crippen LogP contribution in [0.2, 0.25) is 15.1 Å². The number of halogens is 3. The van der Waals surface area contributed by atoms with Gasteiger partial charge in [0.2, 0.25) is 5.89 Å². The third kappa shape index (κ3) is 4.15. The van der Waals surface area contributed by atoms with Crippen LogP contribution >= 0.6 is 34.8 Å². The summed E-state index contributed by atoms with van der Waals surface area (Å²) in [6.07, 6.45) is 0. The van der Waals surface area contributed by atoms with Crippen molar-refractivity contribution in [3.05, 3.63) is 51.0 Å². The van der Waals surface area contributed by atoms with Crippen molar-refractivity contribution < 1.29 is 13.9 Å². The molecule has 0 saturated carbocycles. The highest BCUT2D eigenvalue weighted by atomic mass is 35.5. The monoisotopic (exact) mass is 413 g/mol. The van der Waals surface area contributed by atoms with Gasteiger partial charge in [-0.25, -0.2) is 0 Å². The van der Waals surface area contributed by atoms with Crippen molar-refractivity contribution >= 4 is 40.8 Å². The Balaban J connectivity index is 1.90. The predicted molar refractivity (Wildman–Crippen MR) is 101 cm³/mol. The van der Waals surface area contributed by atoms with Gasteiger partial charge in [-0.1, -0.05) is 46.0 Å². The maximum absolute atomic E-state index is 6.38. The standard InChI is InChI=1S/C17H14Cl3N3O3/c1-2-24-14-6-10(16-22-23-17(21)26-16)5-13(20)15(14)25-8-9-3-4-11(18)7-12(9)19/h3-7H,2,8H2,1H3,(H2,21,23). The van der Waals surface area contributed by atoms with Gasteiger partial charge in [-0.05, 0) is 31.2 Å². The highest BCUT2D eigenvalue weighted by Gasteiger charge is 2.17. The Morgan fingerprint density at radius 3 is 2.50 bits per heavy atom. The van der Waals surface area contributed by atoms with Crippen molar-refractivity contribution in [3.63, 3.8) is 0 Å². The summed E-state index contributed by atoms with van der Waals surface area (Å²) >= 11 is 18.5. The summed E-state index contributed by atoms with van der Waals surface area (Å²) in [5.41, 5.74) is 6.80. The maximum Gasteiger partial charge on any atom is 0.313 e. The number of benzene rings is 2. The molecule has 0 aliphatic rings. The highest BCUT2D eigenvalue weighted by molar-refractivity contribution is 6.35. The minimum Gasteiger partial charge on any atom is -0.490 e. The van der Waals surface area contributed by atoms with E-state index in [0.29, 0.717) is 38.7 Å². The largest absolute Gasteiger partial charge is 0.490 e. The average Bonchev–Trinajstić information content (AvgIpc) is 3.02. The lowest BCUT2D eigenvalue weighted by atomic mass is 10.2. The Labute approximate surface area is 164 Å². The molecule has 3 rings (SSSR count). The number of nitrogens with zero attached hydrogens (tertiary/aromatic N) is 2. The van der Waals surface area contributed by atoms with Crippen LogP contribution in [0.4, 0.5) is 6.01 Å². The summed E-state index contributed by atoms with van der Waals surface area (Å²) in [5, 5.41) is 8.86. The fourth-order valence-electron chi connectivity index (χ4n) is 2.23. The fourth-order valence-corrected chi connectivity index (χ4v) is 2.96. The lowest BCUT2D eigenvalue weighted by Gasteiger charge is -2.15. The molecule has 0 amide bonds. The Hall–Kier alpha value is -2.15. The third-order valence-corrected chi connectivity index (χ3v) is 4.25. The van der Waals surface area contributed by atoms with Gasteiger partial charge >= 0.3 is 6.01 Å². The molecule has 0 radical (unpaired) electrons. The molecule has 0 bridgehead atoms. The number of nitrogen functional groups attached to an aromatic ring is 1. The summed E-state index contributed by atoms with van der Waals surface area (Å²) in [6.45, 7) is 2.47. The number of rotatable bonds is 6. The summed E-state index contributed by atoms with van der Waals surface area (Å²) in [7, 11) is 0. The Morgan fingerprint density at radius 2 is 1.85 bits per heavy atom. The molecule has 0 fully saturated rings. The van der Waals surface area contributed by atoms with Crippen molar-refractivity contribution in [2.45, 2.75) is 13.5 Å². The topological polar surface area (TPSA) is 83.4 Å². The molecule has 136 valence electrons. The van der Waals surface area contributed by atoms with Crippen LogP contribution in [-0.2, 0) is 6.61 Å². The number of hydrogen-bond donors (Lipinski definition) is 1. The van der Waals surface area contributed by atoms with Gasteiger partial charge in [-0.15, -0.1) is 5.10 Å². The Morgan fingerprint density at radius 1 is 1.04 bits per heavy atom. The van der Waals surface area contributed by atoms with E-state index in [0.717, 1.165) is 5.56 Å². The molecule has 0 unspecified atom stereocenters. The molecular formula is C17H14Cl3N3O3. The summed E-state index contributed by atoms with van der Waals surface area (Å²) < 4.78 is 16.7. The molecule has 1 heterocycles. The zero-order valence-electron chi connectivity index (χ0n) is 13.6. The van der Waals surface area contributed by atoms with Gasteiger partial charge in [0.15, 0.2) is 11.5 Å². The van der Waals surface area contributed by atoms with Crippen molar-refractivity contribution in [2.75, 3.05) is 12.3 Å². The minimum absolute atomic E-state index is 0.0354. The van der Waals surface area contributed by atoms with Gasteiger partial charge in [-0.2, -0.15) is 0 Å². The number of nitrogens with two attached hydrogens (primary N) is 1. The second kappa shape index (κ2) is 8.03. The zero-order valence-corrected chi connectivity index (χ0v) is 15.9. The number of ether oxygens (including phenoxy) is 2. The van der Waals surface area contributed by atoms with Gasteiger partial charge in [-0.3, -0.25) is 0 Å². The van der Waals surface area contributed by atoms with Crippen LogP contribution in [0.25, 0.3) is 11.5 Å². The first kappa shape index (κ1) is 18.6. The van der Waals surface area contributed by atoms with E-state index >= 15 is 0 Å². The van der Waals surface area contributed by atoms with E-state index in [4.69, 9.17) is 54.4 Å². The van der Waals surface area contributed by atoms with Crippen LogP contribution < -0.4 is 15.2 Å². The van der Waals surface area contributed by atoms with Gasteiger partial charge < -0.3 is 19.6 Å². The first-order chi connectivity index (χ1) is 12.5. The molecule has 3 aromatic rings. The molecule has 2 N–H and O–H groups in total.